The van der Waals surface area contributed by atoms with Crippen LogP contribution in [-0.4, -0.2) is 37.0 Å². The number of hydrogen-bond donors (Lipinski definition) is 3. The fourth-order valence-electron chi connectivity index (χ4n) is 2.62. The zero-order valence-corrected chi connectivity index (χ0v) is 15.5. The lowest BCUT2D eigenvalue weighted by atomic mass is 10.0. The SMILES string of the molecule is CC(C)C(NC(=O)c1ccc(Cl)cc1)C(=O)NC1CCNCC1.Cl. The Balaban J connectivity index is 0.00000288. The molecule has 1 aromatic rings. The Morgan fingerprint density at radius 3 is 2.29 bits per heavy atom. The van der Waals surface area contributed by atoms with Crippen LogP contribution in [0.3, 0.4) is 0 Å². The number of piperidine rings is 1. The molecule has 134 valence electrons. The summed E-state index contributed by atoms with van der Waals surface area (Å²) < 4.78 is 0. The molecule has 1 unspecified atom stereocenters. The van der Waals surface area contributed by atoms with Gasteiger partial charge in [-0.2, -0.15) is 0 Å². The van der Waals surface area contributed by atoms with E-state index in [9.17, 15) is 9.59 Å². The van der Waals surface area contributed by atoms with Crippen LogP contribution in [0.1, 0.15) is 37.0 Å². The van der Waals surface area contributed by atoms with Gasteiger partial charge >= 0.3 is 0 Å². The van der Waals surface area contributed by atoms with Gasteiger partial charge in [0.15, 0.2) is 0 Å². The minimum atomic E-state index is -0.548. The van der Waals surface area contributed by atoms with E-state index in [4.69, 9.17) is 11.6 Å². The van der Waals surface area contributed by atoms with Gasteiger partial charge in [0.05, 0.1) is 0 Å². The second-order valence-corrected chi connectivity index (χ2v) is 6.67. The Bertz CT molecular complexity index is 543. The monoisotopic (exact) mass is 373 g/mol. The molecule has 2 amide bonds. The van der Waals surface area contributed by atoms with Crippen LogP contribution < -0.4 is 16.0 Å². The highest BCUT2D eigenvalue weighted by molar-refractivity contribution is 6.30. The first kappa shape index (κ1) is 20.7. The number of hydrogen-bond acceptors (Lipinski definition) is 3. The molecule has 5 nitrogen and oxygen atoms in total. The van der Waals surface area contributed by atoms with E-state index < -0.39 is 6.04 Å². The third-order valence-electron chi connectivity index (χ3n) is 4.03. The Kier molecular flexibility index (Phi) is 8.53. The number of benzene rings is 1. The van der Waals surface area contributed by atoms with Crippen molar-refractivity contribution < 1.29 is 9.59 Å². The summed E-state index contributed by atoms with van der Waals surface area (Å²) in [7, 11) is 0. The average molecular weight is 374 g/mol. The van der Waals surface area contributed by atoms with Crippen LogP contribution >= 0.6 is 24.0 Å². The Morgan fingerprint density at radius 1 is 1.17 bits per heavy atom. The molecule has 1 saturated heterocycles. The maximum absolute atomic E-state index is 12.5. The molecule has 1 heterocycles. The first-order chi connectivity index (χ1) is 11.0. The average Bonchev–Trinajstić information content (AvgIpc) is 2.53. The fraction of sp³-hybridized carbons (Fsp3) is 0.529. The zero-order valence-electron chi connectivity index (χ0n) is 14.0. The number of nitrogens with one attached hydrogen (secondary N) is 3. The highest BCUT2D eigenvalue weighted by Crippen LogP contribution is 2.11. The molecule has 0 aromatic heterocycles. The van der Waals surface area contributed by atoms with Gasteiger partial charge in [0.2, 0.25) is 5.91 Å². The quantitative estimate of drug-likeness (QED) is 0.741. The number of carbonyl (C=O) groups is 2. The van der Waals surface area contributed by atoms with Crippen LogP contribution in [0, 0.1) is 5.92 Å². The van der Waals surface area contributed by atoms with Gasteiger partial charge in [-0.15, -0.1) is 12.4 Å². The standard InChI is InChI=1S/C17H24ClN3O2.ClH/c1-11(2)15(17(23)20-14-7-9-19-10-8-14)21-16(22)12-3-5-13(18)6-4-12;/h3-6,11,14-15,19H,7-10H2,1-2H3,(H,20,23)(H,21,22);1H. The molecule has 0 aliphatic carbocycles. The van der Waals surface area contributed by atoms with Crippen molar-refractivity contribution in [3.05, 3.63) is 34.9 Å². The molecule has 0 saturated carbocycles. The normalized spacial score (nSPS) is 16.2. The molecule has 1 fully saturated rings. The minimum absolute atomic E-state index is 0. The topological polar surface area (TPSA) is 70.2 Å². The van der Waals surface area contributed by atoms with Crippen LogP contribution in [0.5, 0.6) is 0 Å². The summed E-state index contributed by atoms with van der Waals surface area (Å²) in [6.45, 7) is 5.67. The van der Waals surface area contributed by atoms with E-state index in [-0.39, 0.29) is 36.2 Å². The Labute approximate surface area is 154 Å². The molecule has 1 aromatic carbocycles. The third-order valence-corrected chi connectivity index (χ3v) is 4.28. The van der Waals surface area contributed by atoms with Crippen molar-refractivity contribution in [3.8, 4) is 0 Å². The van der Waals surface area contributed by atoms with Crippen LogP contribution in [0.15, 0.2) is 24.3 Å². The molecule has 1 aliphatic heterocycles. The molecule has 1 atom stereocenters. The van der Waals surface area contributed by atoms with Crippen molar-refractivity contribution in [1.29, 1.82) is 0 Å². The summed E-state index contributed by atoms with van der Waals surface area (Å²) in [6, 6.07) is 6.26. The fourth-order valence-corrected chi connectivity index (χ4v) is 2.74. The van der Waals surface area contributed by atoms with E-state index in [1.165, 1.54) is 0 Å². The number of amides is 2. The predicted octanol–water partition coefficient (Wildman–Crippen LogP) is 2.38. The van der Waals surface area contributed by atoms with Crippen molar-refractivity contribution in [2.24, 2.45) is 5.92 Å². The molecule has 24 heavy (non-hydrogen) atoms. The van der Waals surface area contributed by atoms with E-state index in [0.717, 1.165) is 25.9 Å². The van der Waals surface area contributed by atoms with E-state index >= 15 is 0 Å². The first-order valence-corrected chi connectivity index (χ1v) is 8.42. The molecule has 7 heteroatoms. The van der Waals surface area contributed by atoms with Crippen molar-refractivity contribution in [3.63, 3.8) is 0 Å². The maximum atomic E-state index is 12.5. The highest BCUT2D eigenvalue weighted by Gasteiger charge is 2.27. The summed E-state index contributed by atoms with van der Waals surface area (Å²) >= 11 is 5.83. The largest absolute Gasteiger partial charge is 0.351 e. The summed E-state index contributed by atoms with van der Waals surface area (Å²) in [5.41, 5.74) is 0.495. The third kappa shape index (κ3) is 5.96. The van der Waals surface area contributed by atoms with Gasteiger partial charge in [-0.25, -0.2) is 0 Å². The maximum Gasteiger partial charge on any atom is 0.251 e. The van der Waals surface area contributed by atoms with Crippen molar-refractivity contribution in [1.82, 2.24) is 16.0 Å². The van der Waals surface area contributed by atoms with E-state index in [1.54, 1.807) is 24.3 Å². The lowest BCUT2D eigenvalue weighted by Crippen LogP contribution is -2.53. The summed E-state index contributed by atoms with van der Waals surface area (Å²) in [5, 5.41) is 9.72. The number of carbonyl (C=O) groups excluding carboxylic acids is 2. The molecular formula is C17H25Cl2N3O2. The zero-order chi connectivity index (χ0) is 16.8. The van der Waals surface area contributed by atoms with Crippen LogP contribution in [0.4, 0.5) is 0 Å². The molecule has 1 aliphatic rings. The van der Waals surface area contributed by atoms with E-state index in [0.29, 0.717) is 10.6 Å². The van der Waals surface area contributed by atoms with E-state index in [1.807, 2.05) is 13.8 Å². The summed E-state index contributed by atoms with van der Waals surface area (Å²) in [6.07, 6.45) is 1.84. The molecule has 0 bridgehead atoms. The van der Waals surface area contributed by atoms with Gasteiger partial charge in [0.1, 0.15) is 6.04 Å². The summed E-state index contributed by atoms with van der Waals surface area (Å²) in [4.78, 5) is 24.8. The molecule has 0 spiro atoms. The first-order valence-electron chi connectivity index (χ1n) is 8.05. The van der Waals surface area contributed by atoms with Crippen LogP contribution in [0.25, 0.3) is 0 Å². The van der Waals surface area contributed by atoms with E-state index in [2.05, 4.69) is 16.0 Å². The lowest BCUT2D eigenvalue weighted by Gasteiger charge is -2.28. The van der Waals surface area contributed by atoms with Crippen molar-refractivity contribution in [2.45, 2.75) is 38.8 Å². The van der Waals surface area contributed by atoms with Gasteiger partial charge in [-0.05, 0) is 56.1 Å². The minimum Gasteiger partial charge on any atom is -0.351 e. The van der Waals surface area contributed by atoms with Gasteiger partial charge in [-0.3, -0.25) is 9.59 Å². The van der Waals surface area contributed by atoms with Crippen molar-refractivity contribution >= 4 is 35.8 Å². The van der Waals surface area contributed by atoms with Gasteiger partial charge in [0, 0.05) is 16.6 Å². The van der Waals surface area contributed by atoms with Gasteiger partial charge in [-0.1, -0.05) is 25.4 Å². The Morgan fingerprint density at radius 2 is 1.75 bits per heavy atom. The number of rotatable bonds is 5. The van der Waals surface area contributed by atoms with Crippen molar-refractivity contribution in [2.75, 3.05) is 13.1 Å². The van der Waals surface area contributed by atoms with Gasteiger partial charge in [0.25, 0.3) is 5.91 Å². The van der Waals surface area contributed by atoms with Crippen LogP contribution in [0.2, 0.25) is 5.02 Å². The molecular weight excluding hydrogens is 349 g/mol. The smallest absolute Gasteiger partial charge is 0.251 e. The Hall–Kier alpha value is -1.30. The lowest BCUT2D eigenvalue weighted by molar-refractivity contribution is -0.124. The number of halogens is 2. The van der Waals surface area contributed by atoms with Gasteiger partial charge < -0.3 is 16.0 Å². The molecule has 3 N–H and O–H groups in total. The predicted molar refractivity (Wildman–Crippen MR) is 98.8 cm³/mol. The second kappa shape index (κ2) is 9.87. The van der Waals surface area contributed by atoms with Crippen LogP contribution in [-0.2, 0) is 4.79 Å². The molecule has 2 rings (SSSR count). The second-order valence-electron chi connectivity index (χ2n) is 6.23. The molecule has 0 radical (unpaired) electrons. The summed E-state index contributed by atoms with van der Waals surface area (Å²) in [5.74, 6) is -0.372. The highest BCUT2D eigenvalue weighted by atomic mass is 35.5.